The molecular formula is C22H26N2O4S. The second-order valence-corrected chi connectivity index (χ2v) is 9.73. The van der Waals surface area contributed by atoms with Crippen LogP contribution in [0.3, 0.4) is 0 Å². The van der Waals surface area contributed by atoms with E-state index in [4.69, 9.17) is 4.74 Å². The summed E-state index contributed by atoms with van der Waals surface area (Å²) in [5.41, 5.74) is 2.60. The first-order chi connectivity index (χ1) is 13.9. The maximum Gasteiger partial charge on any atom is 0.258 e. The molecule has 2 aromatic rings. The second kappa shape index (κ2) is 7.89. The number of morpholine rings is 1. The SMILES string of the molecule is CC1CN(S(=O)(=O)c2ccc(C(=O)N3CCCc4ccccc43)cc2)CC(C)O1. The summed E-state index contributed by atoms with van der Waals surface area (Å²) >= 11 is 0. The van der Waals surface area contributed by atoms with Crippen molar-refractivity contribution >= 4 is 21.6 Å². The molecule has 0 saturated carbocycles. The lowest BCUT2D eigenvalue weighted by Gasteiger charge is -2.34. The van der Waals surface area contributed by atoms with Crippen molar-refractivity contribution in [2.24, 2.45) is 0 Å². The molecule has 2 aromatic carbocycles. The minimum Gasteiger partial charge on any atom is -0.373 e. The van der Waals surface area contributed by atoms with E-state index in [1.165, 1.54) is 22.0 Å². The minimum absolute atomic E-state index is 0.102. The normalized spacial score (nSPS) is 22.9. The predicted molar refractivity (Wildman–Crippen MR) is 112 cm³/mol. The molecule has 154 valence electrons. The molecule has 0 spiro atoms. The number of carbonyl (C=O) groups is 1. The zero-order valence-corrected chi connectivity index (χ0v) is 17.6. The lowest BCUT2D eigenvalue weighted by molar-refractivity contribution is -0.0440. The fourth-order valence-electron chi connectivity index (χ4n) is 4.15. The van der Waals surface area contributed by atoms with Crippen LogP contribution in [-0.4, -0.2) is 50.5 Å². The van der Waals surface area contributed by atoms with Gasteiger partial charge in [0.15, 0.2) is 0 Å². The highest BCUT2D eigenvalue weighted by Crippen LogP contribution is 2.28. The number of hydrogen-bond acceptors (Lipinski definition) is 4. The Labute approximate surface area is 172 Å². The molecule has 0 aliphatic carbocycles. The Morgan fingerprint density at radius 2 is 1.66 bits per heavy atom. The number of ether oxygens (including phenoxy) is 1. The van der Waals surface area contributed by atoms with Gasteiger partial charge in [-0.2, -0.15) is 4.31 Å². The van der Waals surface area contributed by atoms with Gasteiger partial charge in [-0.05, 0) is 62.6 Å². The highest BCUT2D eigenvalue weighted by atomic mass is 32.2. The summed E-state index contributed by atoms with van der Waals surface area (Å²) in [4.78, 5) is 15.0. The minimum atomic E-state index is -3.62. The number of anilines is 1. The summed E-state index contributed by atoms with van der Waals surface area (Å²) in [6.07, 6.45) is 1.60. The largest absolute Gasteiger partial charge is 0.373 e. The number of carbonyl (C=O) groups excluding carboxylic acids is 1. The molecule has 1 fully saturated rings. The number of benzene rings is 2. The second-order valence-electron chi connectivity index (χ2n) is 7.79. The van der Waals surface area contributed by atoms with Crippen LogP contribution >= 0.6 is 0 Å². The van der Waals surface area contributed by atoms with Crippen LogP contribution in [0.4, 0.5) is 5.69 Å². The number of aryl methyl sites for hydroxylation is 1. The standard InChI is InChI=1S/C22H26N2O4S/c1-16-14-23(15-17(2)28-16)29(26,27)20-11-9-19(10-12-20)22(25)24-13-5-7-18-6-3-4-8-21(18)24/h3-4,6,8-12,16-17H,5,7,13-15H2,1-2H3. The van der Waals surface area contributed by atoms with E-state index in [1.807, 2.05) is 32.0 Å². The molecule has 6 nitrogen and oxygen atoms in total. The summed E-state index contributed by atoms with van der Waals surface area (Å²) < 4.78 is 33.1. The summed E-state index contributed by atoms with van der Waals surface area (Å²) in [6, 6.07) is 14.2. The highest BCUT2D eigenvalue weighted by molar-refractivity contribution is 7.89. The fraction of sp³-hybridized carbons (Fsp3) is 0.409. The topological polar surface area (TPSA) is 66.9 Å². The van der Waals surface area contributed by atoms with E-state index in [1.54, 1.807) is 17.0 Å². The smallest absolute Gasteiger partial charge is 0.258 e. The summed E-state index contributed by atoms with van der Waals surface area (Å²) in [6.45, 7) is 5.07. The van der Waals surface area contributed by atoms with Gasteiger partial charge >= 0.3 is 0 Å². The molecule has 2 aliphatic rings. The van der Waals surface area contributed by atoms with Gasteiger partial charge < -0.3 is 9.64 Å². The molecule has 4 rings (SSSR count). The molecule has 1 saturated heterocycles. The van der Waals surface area contributed by atoms with Crippen molar-refractivity contribution in [3.05, 3.63) is 59.7 Å². The van der Waals surface area contributed by atoms with E-state index < -0.39 is 10.0 Å². The Morgan fingerprint density at radius 3 is 2.34 bits per heavy atom. The first-order valence-electron chi connectivity index (χ1n) is 10.0. The number of nitrogens with zero attached hydrogens (tertiary/aromatic N) is 2. The molecule has 1 amide bonds. The van der Waals surface area contributed by atoms with Gasteiger partial charge in [0.2, 0.25) is 10.0 Å². The van der Waals surface area contributed by atoms with Crippen LogP contribution < -0.4 is 4.90 Å². The Hall–Kier alpha value is -2.22. The Morgan fingerprint density at radius 1 is 1.00 bits per heavy atom. The maximum atomic E-state index is 13.1. The third kappa shape index (κ3) is 3.95. The lowest BCUT2D eigenvalue weighted by Crippen LogP contribution is -2.48. The van der Waals surface area contributed by atoms with E-state index in [0.29, 0.717) is 25.2 Å². The van der Waals surface area contributed by atoms with Crippen LogP contribution in [0.25, 0.3) is 0 Å². The number of amides is 1. The third-order valence-corrected chi connectivity index (χ3v) is 7.33. The molecule has 0 bridgehead atoms. The average Bonchev–Trinajstić information content (AvgIpc) is 2.72. The predicted octanol–water partition coefficient (Wildman–Crippen LogP) is 3.08. The maximum absolute atomic E-state index is 13.1. The van der Waals surface area contributed by atoms with Gasteiger partial charge in [-0.15, -0.1) is 0 Å². The van der Waals surface area contributed by atoms with Gasteiger partial charge in [-0.3, -0.25) is 4.79 Å². The molecule has 7 heteroatoms. The first kappa shape index (κ1) is 20.1. The number of hydrogen-bond donors (Lipinski definition) is 0. The first-order valence-corrected chi connectivity index (χ1v) is 11.5. The van der Waals surface area contributed by atoms with Crippen molar-refractivity contribution in [2.75, 3.05) is 24.5 Å². The van der Waals surface area contributed by atoms with Gasteiger partial charge in [-0.25, -0.2) is 8.42 Å². The van der Waals surface area contributed by atoms with Crippen LogP contribution in [0.5, 0.6) is 0 Å². The van der Waals surface area contributed by atoms with Crippen LogP contribution in [0.1, 0.15) is 36.2 Å². The average molecular weight is 415 g/mol. The number of sulfonamides is 1. The molecule has 29 heavy (non-hydrogen) atoms. The van der Waals surface area contributed by atoms with Crippen molar-refractivity contribution < 1.29 is 17.9 Å². The van der Waals surface area contributed by atoms with E-state index in [2.05, 4.69) is 6.07 Å². The van der Waals surface area contributed by atoms with Gasteiger partial charge in [0.05, 0.1) is 17.1 Å². The van der Waals surface area contributed by atoms with Crippen LogP contribution in [0.15, 0.2) is 53.4 Å². The van der Waals surface area contributed by atoms with Crippen LogP contribution in [0, 0.1) is 0 Å². The molecule has 0 radical (unpaired) electrons. The van der Waals surface area contributed by atoms with E-state index in [0.717, 1.165) is 18.5 Å². The number of fused-ring (bicyclic) bond motifs is 1. The van der Waals surface area contributed by atoms with Gasteiger partial charge in [0.25, 0.3) is 5.91 Å². The van der Waals surface area contributed by atoms with Crippen molar-refractivity contribution in [1.82, 2.24) is 4.31 Å². The number of rotatable bonds is 3. The zero-order valence-electron chi connectivity index (χ0n) is 16.7. The molecule has 2 atom stereocenters. The Balaban J connectivity index is 1.56. The Kier molecular flexibility index (Phi) is 5.46. The molecular weight excluding hydrogens is 388 g/mol. The van der Waals surface area contributed by atoms with Crippen molar-refractivity contribution in [1.29, 1.82) is 0 Å². The molecule has 0 aromatic heterocycles. The molecule has 2 unspecified atom stereocenters. The quantitative estimate of drug-likeness (QED) is 0.774. The fourth-order valence-corrected chi connectivity index (χ4v) is 5.74. The van der Waals surface area contributed by atoms with Gasteiger partial charge in [0, 0.05) is 30.9 Å². The molecule has 2 aliphatic heterocycles. The van der Waals surface area contributed by atoms with Crippen molar-refractivity contribution in [3.63, 3.8) is 0 Å². The summed E-state index contributed by atoms with van der Waals surface area (Å²) in [7, 11) is -3.62. The van der Waals surface area contributed by atoms with E-state index in [9.17, 15) is 13.2 Å². The van der Waals surface area contributed by atoms with Gasteiger partial charge in [0.1, 0.15) is 0 Å². The zero-order chi connectivity index (χ0) is 20.6. The summed E-state index contributed by atoms with van der Waals surface area (Å²) in [5.74, 6) is -0.102. The van der Waals surface area contributed by atoms with Crippen molar-refractivity contribution in [3.8, 4) is 0 Å². The lowest BCUT2D eigenvalue weighted by atomic mass is 10.0. The van der Waals surface area contributed by atoms with Crippen molar-refractivity contribution in [2.45, 2.75) is 43.8 Å². The van der Waals surface area contributed by atoms with Crippen LogP contribution in [0.2, 0.25) is 0 Å². The summed E-state index contributed by atoms with van der Waals surface area (Å²) in [5, 5.41) is 0. The number of para-hydroxylation sites is 1. The molecule has 0 N–H and O–H groups in total. The Bertz CT molecular complexity index is 994. The third-order valence-electron chi connectivity index (χ3n) is 5.48. The van der Waals surface area contributed by atoms with Gasteiger partial charge in [-0.1, -0.05) is 18.2 Å². The van der Waals surface area contributed by atoms with Crippen LogP contribution in [-0.2, 0) is 21.2 Å². The monoisotopic (exact) mass is 414 g/mol. The van der Waals surface area contributed by atoms with E-state index >= 15 is 0 Å². The molecule has 2 heterocycles. The highest BCUT2D eigenvalue weighted by Gasteiger charge is 2.32. The van der Waals surface area contributed by atoms with E-state index in [-0.39, 0.29) is 23.0 Å².